The van der Waals surface area contributed by atoms with E-state index in [4.69, 9.17) is 21.7 Å². The van der Waals surface area contributed by atoms with Crippen LogP contribution in [-0.4, -0.2) is 86.1 Å². The molecule has 1 N–H and O–H groups in total. The Hall–Kier alpha value is -3.58. The molecule has 3 saturated heterocycles. The number of hydrogen-bond acceptors (Lipinski definition) is 9. The summed E-state index contributed by atoms with van der Waals surface area (Å²) in [6, 6.07) is 6.27. The summed E-state index contributed by atoms with van der Waals surface area (Å²) in [5.74, 6) is -0.702. The maximum atomic E-state index is 15.3. The van der Waals surface area contributed by atoms with Crippen molar-refractivity contribution in [3.63, 3.8) is 0 Å². The first-order chi connectivity index (χ1) is 20.3. The van der Waals surface area contributed by atoms with Crippen molar-refractivity contribution in [1.29, 1.82) is 0 Å². The topological polar surface area (TPSA) is 90.5 Å². The SMILES string of the molecule is COC(=S)CC[C@H]1CN(c2cc(F)c(N3CCNN(C(=O)CCc4ccnc(N5CCCC5)c4)CC3)c(F)c2)C(=O)O1. The van der Waals surface area contributed by atoms with E-state index in [0.29, 0.717) is 43.8 Å². The number of methoxy groups -OCH3 is 1. The molecule has 1 aromatic heterocycles. The maximum Gasteiger partial charge on any atom is 0.414 e. The Labute approximate surface area is 249 Å². The molecule has 2 aromatic rings. The second-order valence-electron chi connectivity index (χ2n) is 10.6. The standard InChI is InChI=1S/C29H36F2N6O4S/c1-40-27(42)7-5-22-19-36(29(39)41-22)21-17-23(30)28(24(31)18-21)35-13-10-33-37(15-14-35)26(38)6-4-20-8-9-32-25(16-20)34-11-2-3-12-34/h8-9,16-18,22,33H,2-7,10-15,19H2,1H3/t22-/m0/s1. The molecular weight excluding hydrogens is 566 g/mol. The summed E-state index contributed by atoms with van der Waals surface area (Å²) in [5, 5.41) is 1.93. The van der Waals surface area contributed by atoms with Gasteiger partial charge in [-0.1, -0.05) is 0 Å². The summed E-state index contributed by atoms with van der Waals surface area (Å²) in [7, 11) is 1.48. The van der Waals surface area contributed by atoms with Gasteiger partial charge in [-0.25, -0.2) is 24.0 Å². The van der Waals surface area contributed by atoms with Crippen LogP contribution >= 0.6 is 12.2 Å². The van der Waals surface area contributed by atoms with Gasteiger partial charge in [0.05, 0.1) is 25.9 Å². The number of carbonyl (C=O) groups is 2. The number of nitrogens with zero attached hydrogens (tertiary/aromatic N) is 5. The van der Waals surface area contributed by atoms with Gasteiger partial charge in [0.2, 0.25) is 5.91 Å². The van der Waals surface area contributed by atoms with E-state index in [9.17, 15) is 9.59 Å². The number of carbonyl (C=O) groups excluding carboxylic acids is 2. The van der Waals surface area contributed by atoms with Gasteiger partial charge in [-0.05, 0) is 55.6 Å². The minimum Gasteiger partial charge on any atom is -0.490 e. The highest BCUT2D eigenvalue weighted by atomic mass is 32.1. The first-order valence-electron chi connectivity index (χ1n) is 14.3. The molecule has 4 heterocycles. The third-order valence-electron chi connectivity index (χ3n) is 7.85. The smallest absolute Gasteiger partial charge is 0.414 e. The molecule has 5 rings (SSSR count). The lowest BCUT2D eigenvalue weighted by Gasteiger charge is -2.25. The minimum absolute atomic E-state index is 0.0824. The largest absolute Gasteiger partial charge is 0.490 e. The van der Waals surface area contributed by atoms with Crippen molar-refractivity contribution >= 4 is 46.5 Å². The Balaban J connectivity index is 1.16. The third-order valence-corrected chi connectivity index (χ3v) is 8.22. The van der Waals surface area contributed by atoms with Crippen molar-refractivity contribution in [2.45, 2.75) is 44.6 Å². The van der Waals surface area contributed by atoms with Crippen LogP contribution in [0.25, 0.3) is 0 Å². The number of halogens is 2. The number of ether oxygens (including phenoxy) is 2. The zero-order chi connectivity index (χ0) is 29.6. The molecule has 1 atom stereocenters. The number of amides is 2. The Bertz CT molecular complexity index is 1290. The molecule has 0 saturated carbocycles. The highest BCUT2D eigenvalue weighted by Gasteiger charge is 2.34. The lowest BCUT2D eigenvalue weighted by Crippen LogP contribution is -2.43. The summed E-state index contributed by atoms with van der Waals surface area (Å²) in [5.41, 5.74) is 4.04. The van der Waals surface area contributed by atoms with Gasteiger partial charge < -0.3 is 19.3 Å². The molecule has 1 aromatic carbocycles. The number of cyclic esters (lactones) is 1. The van der Waals surface area contributed by atoms with E-state index in [1.807, 2.05) is 12.1 Å². The average molecular weight is 603 g/mol. The molecule has 13 heteroatoms. The van der Waals surface area contributed by atoms with Crippen LogP contribution in [0.1, 0.15) is 37.7 Å². The Morgan fingerprint density at radius 1 is 1.10 bits per heavy atom. The number of aryl methyl sites for hydroxylation is 1. The van der Waals surface area contributed by atoms with Crippen molar-refractivity contribution in [3.8, 4) is 0 Å². The second-order valence-corrected chi connectivity index (χ2v) is 11.1. The molecule has 0 radical (unpaired) electrons. The predicted octanol–water partition coefficient (Wildman–Crippen LogP) is 3.83. The van der Waals surface area contributed by atoms with Crippen LogP contribution in [0, 0.1) is 11.6 Å². The Morgan fingerprint density at radius 2 is 1.86 bits per heavy atom. The van der Waals surface area contributed by atoms with Gasteiger partial charge in [-0.15, -0.1) is 0 Å². The quantitative estimate of drug-likeness (QED) is 0.430. The van der Waals surface area contributed by atoms with Gasteiger partial charge in [-0.3, -0.25) is 14.7 Å². The first-order valence-corrected chi connectivity index (χ1v) is 14.8. The molecular formula is C29H36F2N6O4S. The Kier molecular flexibility index (Phi) is 9.68. The predicted molar refractivity (Wildman–Crippen MR) is 159 cm³/mol. The lowest BCUT2D eigenvalue weighted by atomic mass is 10.1. The van der Waals surface area contributed by atoms with Crippen molar-refractivity contribution in [3.05, 3.63) is 47.7 Å². The van der Waals surface area contributed by atoms with Gasteiger partial charge in [0.15, 0.2) is 16.7 Å². The van der Waals surface area contributed by atoms with E-state index in [-0.39, 0.29) is 36.9 Å². The van der Waals surface area contributed by atoms with E-state index in [1.54, 1.807) is 11.1 Å². The Morgan fingerprint density at radius 3 is 2.60 bits per heavy atom. The van der Waals surface area contributed by atoms with Crippen LogP contribution in [0.15, 0.2) is 30.5 Å². The van der Waals surface area contributed by atoms with E-state index in [1.165, 1.54) is 29.9 Å². The molecule has 0 aliphatic carbocycles. The maximum absolute atomic E-state index is 15.3. The fraction of sp³-hybridized carbons (Fsp3) is 0.517. The fourth-order valence-electron chi connectivity index (χ4n) is 5.56. The van der Waals surface area contributed by atoms with Gasteiger partial charge in [0, 0.05) is 63.9 Å². The van der Waals surface area contributed by atoms with Crippen molar-refractivity contribution in [2.24, 2.45) is 0 Å². The van der Waals surface area contributed by atoms with Crippen LogP contribution in [-0.2, 0) is 20.7 Å². The molecule has 3 fully saturated rings. The van der Waals surface area contributed by atoms with Crippen LogP contribution < -0.4 is 20.1 Å². The minimum atomic E-state index is -0.784. The summed E-state index contributed by atoms with van der Waals surface area (Å²) in [6.07, 6.45) is 4.77. The lowest BCUT2D eigenvalue weighted by molar-refractivity contribution is -0.133. The number of hydrogen-bond donors (Lipinski definition) is 1. The zero-order valence-electron chi connectivity index (χ0n) is 23.7. The summed E-state index contributed by atoms with van der Waals surface area (Å²) in [6.45, 7) is 3.31. The van der Waals surface area contributed by atoms with E-state index >= 15 is 8.78 Å². The normalized spacial score (nSPS) is 19.2. The van der Waals surface area contributed by atoms with Crippen LogP contribution in [0.3, 0.4) is 0 Å². The van der Waals surface area contributed by atoms with E-state index in [0.717, 1.165) is 36.6 Å². The molecule has 3 aliphatic heterocycles. The average Bonchev–Trinajstić information content (AvgIpc) is 3.59. The molecule has 226 valence electrons. The van der Waals surface area contributed by atoms with Crippen molar-refractivity contribution in [1.82, 2.24) is 15.4 Å². The van der Waals surface area contributed by atoms with Crippen LogP contribution in [0.5, 0.6) is 0 Å². The molecule has 0 bridgehead atoms. The first kappa shape index (κ1) is 29.9. The molecule has 3 aliphatic rings. The second kappa shape index (κ2) is 13.6. The van der Waals surface area contributed by atoms with E-state index in [2.05, 4.69) is 15.3 Å². The number of thiocarbonyl (C=S) groups is 1. The number of aromatic nitrogens is 1. The zero-order valence-corrected chi connectivity index (χ0v) is 24.5. The molecule has 10 nitrogen and oxygen atoms in total. The third kappa shape index (κ3) is 7.06. The van der Waals surface area contributed by atoms with Crippen molar-refractivity contribution in [2.75, 3.05) is 67.6 Å². The van der Waals surface area contributed by atoms with Gasteiger partial charge in [0.25, 0.3) is 0 Å². The number of hydrazine groups is 1. The summed E-state index contributed by atoms with van der Waals surface area (Å²) >= 11 is 5.03. The number of rotatable bonds is 9. The highest BCUT2D eigenvalue weighted by Crippen LogP contribution is 2.32. The van der Waals surface area contributed by atoms with E-state index < -0.39 is 23.8 Å². The number of nitrogens with one attached hydrogen (secondary N) is 1. The number of pyridine rings is 1. The van der Waals surface area contributed by atoms with Crippen LogP contribution in [0.2, 0.25) is 0 Å². The van der Waals surface area contributed by atoms with Gasteiger partial charge in [-0.2, -0.15) is 0 Å². The number of benzene rings is 1. The highest BCUT2D eigenvalue weighted by molar-refractivity contribution is 7.80. The van der Waals surface area contributed by atoms with Crippen molar-refractivity contribution < 1.29 is 27.8 Å². The summed E-state index contributed by atoms with van der Waals surface area (Å²) < 4.78 is 40.9. The summed E-state index contributed by atoms with van der Waals surface area (Å²) in [4.78, 5) is 34.9. The molecule has 0 spiro atoms. The molecule has 2 amide bonds. The molecule has 0 unspecified atom stereocenters. The molecule has 42 heavy (non-hydrogen) atoms. The number of anilines is 3. The van der Waals surface area contributed by atoms with Crippen LogP contribution in [0.4, 0.5) is 30.8 Å². The van der Waals surface area contributed by atoms with Gasteiger partial charge >= 0.3 is 6.09 Å². The van der Waals surface area contributed by atoms with Gasteiger partial charge in [0.1, 0.15) is 17.6 Å². The fourth-order valence-corrected chi connectivity index (χ4v) is 5.68. The monoisotopic (exact) mass is 602 g/mol.